The second-order valence-electron chi connectivity index (χ2n) is 4.31. The molecule has 1 aliphatic carbocycles. The zero-order chi connectivity index (χ0) is 11.8. The van der Waals surface area contributed by atoms with Gasteiger partial charge in [-0.25, -0.2) is 0 Å². The third kappa shape index (κ3) is 1.53. The van der Waals surface area contributed by atoms with Crippen molar-refractivity contribution in [3.63, 3.8) is 0 Å². The summed E-state index contributed by atoms with van der Waals surface area (Å²) < 4.78 is 1.77. The number of hydrogen-bond donors (Lipinski definition) is 2. The van der Waals surface area contributed by atoms with Crippen molar-refractivity contribution in [2.24, 2.45) is 0 Å². The van der Waals surface area contributed by atoms with Crippen LogP contribution in [0.2, 0.25) is 0 Å². The molecule has 3 rings (SSSR count). The summed E-state index contributed by atoms with van der Waals surface area (Å²) in [5.41, 5.74) is 9.29. The van der Waals surface area contributed by atoms with E-state index in [1.807, 2.05) is 30.6 Å². The molecule has 2 aromatic heterocycles. The lowest BCUT2D eigenvalue weighted by Crippen LogP contribution is -2.38. The van der Waals surface area contributed by atoms with Gasteiger partial charge in [-0.15, -0.1) is 0 Å². The van der Waals surface area contributed by atoms with E-state index >= 15 is 0 Å². The van der Waals surface area contributed by atoms with Gasteiger partial charge in [-0.1, -0.05) is 6.07 Å². The molecule has 86 valence electrons. The summed E-state index contributed by atoms with van der Waals surface area (Å²) in [6, 6.07) is 5.67. The molecule has 4 nitrogen and oxygen atoms in total. The molecule has 3 N–H and O–H groups in total. The number of H-pyrrole nitrogens is 1. The van der Waals surface area contributed by atoms with Crippen molar-refractivity contribution < 1.29 is 4.57 Å². The Kier molecular flexibility index (Phi) is 2.21. The van der Waals surface area contributed by atoms with Crippen LogP contribution in [-0.4, -0.2) is 4.98 Å². The molecule has 0 aromatic carbocycles. The third-order valence-corrected chi connectivity index (χ3v) is 3.25. The SMILES string of the molecule is Nc1c2c([nH]c(=O)c1-[n+]1ccccc1)CCC2. The fourth-order valence-electron chi connectivity index (χ4n) is 2.44. The Labute approximate surface area is 98.7 Å². The summed E-state index contributed by atoms with van der Waals surface area (Å²) in [7, 11) is 0. The largest absolute Gasteiger partial charge is 0.393 e. The Bertz CT molecular complexity index is 617. The van der Waals surface area contributed by atoms with Crippen molar-refractivity contribution in [3.8, 4) is 5.69 Å². The monoisotopic (exact) mass is 228 g/mol. The minimum absolute atomic E-state index is 0.112. The van der Waals surface area contributed by atoms with Crippen LogP contribution >= 0.6 is 0 Å². The molecule has 2 aromatic rings. The van der Waals surface area contributed by atoms with Gasteiger partial charge in [-0.2, -0.15) is 4.57 Å². The average Bonchev–Trinajstić information content (AvgIpc) is 2.78. The molecule has 0 unspecified atom stereocenters. The van der Waals surface area contributed by atoms with Crippen LogP contribution in [0, 0.1) is 0 Å². The van der Waals surface area contributed by atoms with E-state index in [4.69, 9.17) is 5.73 Å². The number of nitrogens with zero attached hydrogens (tertiary/aromatic N) is 1. The number of aromatic amines is 1. The van der Waals surface area contributed by atoms with Crippen molar-refractivity contribution in [1.82, 2.24) is 4.98 Å². The Hall–Kier alpha value is -2.10. The first-order chi connectivity index (χ1) is 8.27. The van der Waals surface area contributed by atoms with Gasteiger partial charge in [-0.3, -0.25) is 4.79 Å². The lowest BCUT2D eigenvalue weighted by Gasteiger charge is -2.05. The molecular formula is C13H14N3O+. The first-order valence-corrected chi connectivity index (χ1v) is 5.77. The van der Waals surface area contributed by atoms with Gasteiger partial charge in [-0.05, 0) is 19.3 Å². The van der Waals surface area contributed by atoms with Gasteiger partial charge >= 0.3 is 5.56 Å². The molecule has 4 heteroatoms. The third-order valence-electron chi connectivity index (χ3n) is 3.25. The number of aromatic nitrogens is 2. The molecule has 17 heavy (non-hydrogen) atoms. The highest BCUT2D eigenvalue weighted by Crippen LogP contribution is 2.25. The number of aryl methyl sites for hydroxylation is 1. The van der Waals surface area contributed by atoms with Crippen LogP contribution in [0.1, 0.15) is 17.7 Å². The van der Waals surface area contributed by atoms with Crippen LogP contribution in [0.15, 0.2) is 35.4 Å². The topological polar surface area (TPSA) is 62.8 Å². The molecule has 0 bridgehead atoms. The minimum atomic E-state index is -0.112. The van der Waals surface area contributed by atoms with Crippen LogP contribution in [0.5, 0.6) is 0 Å². The number of hydrogen-bond acceptors (Lipinski definition) is 2. The first kappa shape index (κ1) is 10.1. The standard InChI is InChI=1S/C13H13N3O/c14-11-9-5-4-6-10(9)15-13(17)12(11)16-7-2-1-3-8-16/h1-3,7-8H,4-6H2,(H2-,14,15,17)/p+1. The predicted molar refractivity (Wildman–Crippen MR) is 65.0 cm³/mol. The number of nitrogens with one attached hydrogen (secondary N) is 1. The van der Waals surface area contributed by atoms with Gasteiger partial charge < -0.3 is 10.7 Å². The van der Waals surface area contributed by atoms with Gasteiger partial charge in [0.15, 0.2) is 12.4 Å². The van der Waals surface area contributed by atoms with Crippen LogP contribution in [0.4, 0.5) is 5.69 Å². The maximum atomic E-state index is 12.0. The van der Waals surface area contributed by atoms with Crippen molar-refractivity contribution >= 4 is 5.69 Å². The van der Waals surface area contributed by atoms with Gasteiger partial charge in [0.2, 0.25) is 0 Å². The van der Waals surface area contributed by atoms with E-state index in [2.05, 4.69) is 4.98 Å². The molecule has 2 heterocycles. The van der Waals surface area contributed by atoms with E-state index in [0.717, 1.165) is 30.5 Å². The second-order valence-corrected chi connectivity index (χ2v) is 4.31. The van der Waals surface area contributed by atoms with E-state index in [1.54, 1.807) is 4.57 Å². The van der Waals surface area contributed by atoms with Crippen molar-refractivity contribution in [1.29, 1.82) is 0 Å². The van der Waals surface area contributed by atoms with Gasteiger partial charge in [0.05, 0.1) is 0 Å². The van der Waals surface area contributed by atoms with Gasteiger partial charge in [0.1, 0.15) is 5.69 Å². The molecule has 1 aliphatic rings. The van der Waals surface area contributed by atoms with E-state index < -0.39 is 0 Å². The quantitative estimate of drug-likeness (QED) is 0.706. The Morgan fingerprint density at radius 3 is 2.71 bits per heavy atom. The Balaban J connectivity index is 2.28. The molecule has 0 spiro atoms. The van der Waals surface area contributed by atoms with Crippen molar-refractivity contribution in [2.75, 3.05) is 5.73 Å². The first-order valence-electron chi connectivity index (χ1n) is 5.77. The number of nitrogen functional groups attached to an aromatic ring is 1. The molecule has 0 fully saturated rings. The normalized spacial score (nSPS) is 13.6. The number of anilines is 1. The van der Waals surface area contributed by atoms with Crippen LogP contribution in [0.3, 0.4) is 0 Å². The van der Waals surface area contributed by atoms with Gasteiger partial charge in [0.25, 0.3) is 5.69 Å². The van der Waals surface area contributed by atoms with Crippen LogP contribution in [0.25, 0.3) is 5.69 Å². The fraction of sp³-hybridized carbons (Fsp3) is 0.231. The summed E-state index contributed by atoms with van der Waals surface area (Å²) >= 11 is 0. The second kappa shape index (κ2) is 3.73. The van der Waals surface area contributed by atoms with Crippen LogP contribution in [-0.2, 0) is 12.8 Å². The lowest BCUT2D eigenvalue weighted by molar-refractivity contribution is -0.596. The maximum absolute atomic E-state index is 12.0. The molecule has 0 aliphatic heterocycles. The van der Waals surface area contributed by atoms with Crippen LogP contribution < -0.4 is 15.9 Å². The Morgan fingerprint density at radius 1 is 1.18 bits per heavy atom. The predicted octanol–water partition coefficient (Wildman–Crippen LogP) is 0.722. The van der Waals surface area contributed by atoms with Gasteiger partial charge in [0, 0.05) is 23.4 Å². The summed E-state index contributed by atoms with van der Waals surface area (Å²) in [6.07, 6.45) is 6.62. The average molecular weight is 228 g/mol. The van der Waals surface area contributed by atoms with E-state index in [9.17, 15) is 4.79 Å². The van der Waals surface area contributed by atoms with E-state index in [1.165, 1.54) is 0 Å². The summed E-state index contributed by atoms with van der Waals surface area (Å²) in [5.74, 6) is 0. The lowest BCUT2D eigenvalue weighted by atomic mass is 10.1. The summed E-state index contributed by atoms with van der Waals surface area (Å²) in [6.45, 7) is 0. The number of fused-ring (bicyclic) bond motifs is 1. The molecule has 0 atom stereocenters. The van der Waals surface area contributed by atoms with Crippen molar-refractivity contribution in [2.45, 2.75) is 19.3 Å². The smallest absolute Gasteiger partial charge is 0.322 e. The summed E-state index contributed by atoms with van der Waals surface area (Å²) in [4.78, 5) is 15.0. The molecule has 0 radical (unpaired) electrons. The Morgan fingerprint density at radius 2 is 1.94 bits per heavy atom. The molecule has 0 amide bonds. The number of nitrogens with two attached hydrogens (primary N) is 1. The maximum Gasteiger partial charge on any atom is 0.322 e. The molecule has 0 saturated heterocycles. The molecule has 0 saturated carbocycles. The minimum Gasteiger partial charge on any atom is -0.393 e. The number of pyridine rings is 2. The highest BCUT2D eigenvalue weighted by Gasteiger charge is 2.24. The number of rotatable bonds is 1. The zero-order valence-electron chi connectivity index (χ0n) is 9.44. The molecular weight excluding hydrogens is 214 g/mol. The van der Waals surface area contributed by atoms with E-state index in [0.29, 0.717) is 11.4 Å². The fourth-order valence-corrected chi connectivity index (χ4v) is 2.44. The summed E-state index contributed by atoms with van der Waals surface area (Å²) in [5, 5.41) is 0. The van der Waals surface area contributed by atoms with Crippen molar-refractivity contribution in [3.05, 3.63) is 52.2 Å². The zero-order valence-corrected chi connectivity index (χ0v) is 9.44. The highest BCUT2D eigenvalue weighted by atomic mass is 16.1. The van der Waals surface area contributed by atoms with E-state index in [-0.39, 0.29) is 5.56 Å². The highest BCUT2D eigenvalue weighted by molar-refractivity contribution is 5.60.